The second-order valence-corrected chi connectivity index (χ2v) is 3.45. The number of aliphatic hydroxyl groups is 1. The van der Waals surface area contributed by atoms with Gasteiger partial charge in [-0.05, 0) is 36.6 Å². The summed E-state index contributed by atoms with van der Waals surface area (Å²) in [5, 5.41) is 26.9. The molecular weight excluding hydrogens is 200 g/mol. The Morgan fingerprint density at radius 3 is 2.50 bits per heavy atom. The van der Waals surface area contributed by atoms with Crippen LogP contribution in [0, 0.1) is 0 Å². The summed E-state index contributed by atoms with van der Waals surface area (Å²) in [6, 6.07) is 4.47. The molecule has 0 aromatic heterocycles. The molecule has 0 heterocycles. The fraction of sp³-hybridized carbons (Fsp3) is 0.300. The van der Waals surface area contributed by atoms with Gasteiger partial charge in [0, 0.05) is 11.5 Å². The van der Waals surface area contributed by atoms with Crippen LogP contribution in [0.25, 0.3) is 0 Å². The second-order valence-electron chi connectivity index (χ2n) is 2.95. The first-order valence-electron chi connectivity index (χ1n) is 4.31. The van der Waals surface area contributed by atoms with E-state index in [0.29, 0.717) is 23.3 Å². The zero-order valence-electron chi connectivity index (χ0n) is 7.60. The number of thiocarbonyl (C=S) groups is 1. The topological polar surface area (TPSA) is 60.7 Å². The molecule has 0 spiro atoms. The molecule has 3 nitrogen and oxygen atoms in total. The van der Waals surface area contributed by atoms with Gasteiger partial charge in [0.2, 0.25) is 0 Å². The lowest BCUT2D eigenvalue weighted by Crippen LogP contribution is -1.98. The molecule has 0 radical (unpaired) electrons. The van der Waals surface area contributed by atoms with Gasteiger partial charge in [0.1, 0.15) is 0 Å². The number of hydrogen-bond donors (Lipinski definition) is 3. The average Bonchev–Trinajstić information content (AvgIpc) is 2.18. The predicted octanol–water partition coefficient (Wildman–Crippen LogP) is 1.59. The lowest BCUT2D eigenvalue weighted by atomic mass is 10.1. The Kier molecular flexibility index (Phi) is 3.85. The molecular formula is C10H12O3S. The van der Waals surface area contributed by atoms with Crippen LogP contribution < -0.4 is 0 Å². The Balaban J connectivity index is 2.76. The molecule has 3 N–H and O–H groups in total. The third-order valence-corrected chi connectivity index (χ3v) is 2.30. The molecule has 0 fully saturated rings. The quantitative estimate of drug-likeness (QED) is 0.403. The zero-order valence-corrected chi connectivity index (χ0v) is 8.42. The van der Waals surface area contributed by atoms with E-state index in [9.17, 15) is 5.11 Å². The van der Waals surface area contributed by atoms with Crippen LogP contribution in [0.15, 0.2) is 18.2 Å². The molecule has 0 atom stereocenters. The summed E-state index contributed by atoms with van der Waals surface area (Å²) in [5.74, 6) is -0.326. The fourth-order valence-corrected chi connectivity index (χ4v) is 1.35. The minimum Gasteiger partial charge on any atom is -0.504 e. The van der Waals surface area contributed by atoms with E-state index in [1.165, 1.54) is 12.1 Å². The molecule has 0 saturated carbocycles. The molecule has 1 aromatic rings. The van der Waals surface area contributed by atoms with Gasteiger partial charge in [0.25, 0.3) is 0 Å². The van der Waals surface area contributed by atoms with E-state index in [0.717, 1.165) is 0 Å². The van der Waals surface area contributed by atoms with Crippen molar-refractivity contribution in [2.75, 3.05) is 6.61 Å². The van der Waals surface area contributed by atoms with Crippen LogP contribution in [-0.2, 0) is 0 Å². The van der Waals surface area contributed by atoms with Crippen molar-refractivity contribution in [3.8, 4) is 11.5 Å². The summed E-state index contributed by atoms with van der Waals surface area (Å²) in [6.07, 6.45) is 1.22. The summed E-state index contributed by atoms with van der Waals surface area (Å²) in [4.78, 5) is 0.675. The maximum Gasteiger partial charge on any atom is 0.158 e. The number of aromatic hydroxyl groups is 2. The van der Waals surface area contributed by atoms with Crippen molar-refractivity contribution in [1.82, 2.24) is 0 Å². The van der Waals surface area contributed by atoms with Crippen molar-refractivity contribution < 1.29 is 15.3 Å². The molecule has 4 heteroatoms. The van der Waals surface area contributed by atoms with E-state index in [1.807, 2.05) is 0 Å². The van der Waals surface area contributed by atoms with Crippen LogP contribution in [0.2, 0.25) is 0 Å². The van der Waals surface area contributed by atoms with E-state index in [1.54, 1.807) is 6.07 Å². The second kappa shape index (κ2) is 4.93. The van der Waals surface area contributed by atoms with E-state index < -0.39 is 0 Å². The Morgan fingerprint density at radius 2 is 1.93 bits per heavy atom. The zero-order chi connectivity index (χ0) is 10.6. The van der Waals surface area contributed by atoms with Crippen molar-refractivity contribution >= 4 is 17.1 Å². The molecule has 76 valence electrons. The molecule has 0 bridgehead atoms. The average molecular weight is 212 g/mol. The highest BCUT2D eigenvalue weighted by Crippen LogP contribution is 2.25. The standard InChI is InChI=1S/C10H12O3S/c11-5-1-2-10(14)7-3-4-8(12)9(13)6-7/h3-4,6,11-13H,1-2,5H2. The van der Waals surface area contributed by atoms with E-state index in [2.05, 4.69) is 0 Å². The lowest BCUT2D eigenvalue weighted by Gasteiger charge is -2.04. The predicted molar refractivity (Wildman–Crippen MR) is 57.8 cm³/mol. The van der Waals surface area contributed by atoms with E-state index in [-0.39, 0.29) is 18.1 Å². The highest BCUT2D eigenvalue weighted by molar-refractivity contribution is 7.80. The fourth-order valence-electron chi connectivity index (χ4n) is 1.08. The van der Waals surface area contributed by atoms with Crippen LogP contribution in [0.1, 0.15) is 18.4 Å². The van der Waals surface area contributed by atoms with Crippen LogP contribution in [0.4, 0.5) is 0 Å². The van der Waals surface area contributed by atoms with Gasteiger partial charge in [-0.25, -0.2) is 0 Å². The van der Waals surface area contributed by atoms with Crippen LogP contribution in [0.5, 0.6) is 11.5 Å². The van der Waals surface area contributed by atoms with Gasteiger partial charge in [0.15, 0.2) is 11.5 Å². The summed E-state index contributed by atoms with van der Waals surface area (Å²) in [7, 11) is 0. The first-order valence-corrected chi connectivity index (χ1v) is 4.72. The van der Waals surface area contributed by atoms with Gasteiger partial charge < -0.3 is 15.3 Å². The molecule has 0 aliphatic carbocycles. The van der Waals surface area contributed by atoms with Crippen molar-refractivity contribution in [2.24, 2.45) is 0 Å². The molecule has 0 saturated heterocycles. The van der Waals surface area contributed by atoms with Gasteiger partial charge in [-0.2, -0.15) is 0 Å². The largest absolute Gasteiger partial charge is 0.504 e. The summed E-state index contributed by atoms with van der Waals surface area (Å²) >= 11 is 5.09. The van der Waals surface area contributed by atoms with Crippen LogP contribution >= 0.6 is 12.2 Å². The van der Waals surface area contributed by atoms with Crippen molar-refractivity contribution in [3.05, 3.63) is 23.8 Å². The lowest BCUT2D eigenvalue weighted by molar-refractivity contribution is 0.291. The van der Waals surface area contributed by atoms with Crippen LogP contribution in [-0.4, -0.2) is 26.8 Å². The molecule has 0 unspecified atom stereocenters. The maximum atomic E-state index is 9.22. The first kappa shape index (κ1) is 10.9. The molecule has 1 rings (SSSR count). The number of phenolic OH excluding ortho intramolecular Hbond substituents is 2. The van der Waals surface area contributed by atoms with Gasteiger partial charge in [0.05, 0.1) is 0 Å². The summed E-state index contributed by atoms with van der Waals surface area (Å²) < 4.78 is 0. The Hall–Kier alpha value is -1.13. The Bertz CT molecular complexity index is 336. The SMILES string of the molecule is OCCCC(=S)c1ccc(O)c(O)c1. The Morgan fingerprint density at radius 1 is 1.21 bits per heavy atom. The number of benzene rings is 1. The monoisotopic (exact) mass is 212 g/mol. The maximum absolute atomic E-state index is 9.22. The van der Waals surface area contributed by atoms with Crippen LogP contribution in [0.3, 0.4) is 0 Å². The van der Waals surface area contributed by atoms with Crippen molar-refractivity contribution in [2.45, 2.75) is 12.8 Å². The van der Waals surface area contributed by atoms with Crippen molar-refractivity contribution in [3.63, 3.8) is 0 Å². The molecule has 0 aliphatic rings. The number of rotatable bonds is 4. The smallest absolute Gasteiger partial charge is 0.158 e. The van der Waals surface area contributed by atoms with E-state index in [4.69, 9.17) is 22.4 Å². The number of phenols is 2. The highest BCUT2D eigenvalue weighted by atomic mass is 32.1. The first-order chi connectivity index (χ1) is 6.65. The third kappa shape index (κ3) is 2.68. The van der Waals surface area contributed by atoms with E-state index >= 15 is 0 Å². The molecule has 0 amide bonds. The molecule has 14 heavy (non-hydrogen) atoms. The van der Waals surface area contributed by atoms with Crippen molar-refractivity contribution in [1.29, 1.82) is 0 Å². The molecule has 0 aliphatic heterocycles. The Labute approximate surface area is 87.6 Å². The number of hydrogen-bond acceptors (Lipinski definition) is 4. The normalized spacial score (nSPS) is 10.1. The minimum absolute atomic E-state index is 0.101. The third-order valence-electron chi connectivity index (χ3n) is 1.86. The number of aliphatic hydroxyl groups excluding tert-OH is 1. The van der Waals surface area contributed by atoms with Gasteiger partial charge in [-0.15, -0.1) is 0 Å². The summed E-state index contributed by atoms with van der Waals surface area (Å²) in [6.45, 7) is 0.101. The molecule has 1 aromatic carbocycles. The van der Waals surface area contributed by atoms with Gasteiger partial charge >= 0.3 is 0 Å². The highest BCUT2D eigenvalue weighted by Gasteiger charge is 2.04. The minimum atomic E-state index is -0.172. The van der Waals surface area contributed by atoms with Gasteiger partial charge in [-0.1, -0.05) is 12.2 Å². The summed E-state index contributed by atoms with van der Waals surface area (Å²) in [5.41, 5.74) is 0.712. The van der Waals surface area contributed by atoms with Gasteiger partial charge in [-0.3, -0.25) is 0 Å².